The number of benzene rings is 1. The van der Waals surface area contributed by atoms with E-state index in [2.05, 4.69) is 35.2 Å². The first-order valence-electron chi connectivity index (χ1n) is 8.02. The Morgan fingerprint density at radius 3 is 2.91 bits per heavy atom. The second kappa shape index (κ2) is 6.92. The van der Waals surface area contributed by atoms with Crippen LogP contribution in [0.25, 0.3) is 10.9 Å². The Hall–Kier alpha value is -2.20. The van der Waals surface area contributed by atoms with Crippen LogP contribution < -0.4 is 5.32 Å². The Morgan fingerprint density at radius 1 is 1.22 bits per heavy atom. The molecule has 2 atom stereocenters. The van der Waals surface area contributed by atoms with Gasteiger partial charge in [-0.25, -0.2) is 4.39 Å². The molecule has 0 radical (unpaired) electrons. The fourth-order valence-electron chi connectivity index (χ4n) is 2.81. The van der Waals surface area contributed by atoms with Gasteiger partial charge in [0.1, 0.15) is 5.82 Å². The summed E-state index contributed by atoms with van der Waals surface area (Å²) >= 11 is 0. The highest BCUT2D eigenvalue weighted by molar-refractivity contribution is 5.80. The molecule has 0 amide bonds. The summed E-state index contributed by atoms with van der Waals surface area (Å²) < 4.78 is 13.2. The summed E-state index contributed by atoms with van der Waals surface area (Å²) in [7, 11) is 0. The Kier molecular flexibility index (Phi) is 4.72. The van der Waals surface area contributed by atoms with Crippen LogP contribution in [0.1, 0.15) is 25.1 Å². The van der Waals surface area contributed by atoms with E-state index in [9.17, 15) is 4.39 Å². The van der Waals surface area contributed by atoms with Crippen molar-refractivity contribution in [2.75, 3.05) is 0 Å². The summed E-state index contributed by atoms with van der Waals surface area (Å²) in [6, 6.07) is 11.1. The van der Waals surface area contributed by atoms with E-state index in [1.165, 1.54) is 11.5 Å². The molecular weight excluding hydrogens is 289 g/mol. The third-order valence-corrected chi connectivity index (χ3v) is 4.44. The molecule has 0 aliphatic heterocycles. The van der Waals surface area contributed by atoms with Crippen LogP contribution in [0.5, 0.6) is 0 Å². The highest BCUT2D eigenvalue weighted by Crippen LogP contribution is 2.19. The predicted molar refractivity (Wildman–Crippen MR) is 91.7 cm³/mol. The molecule has 4 heteroatoms. The lowest BCUT2D eigenvalue weighted by molar-refractivity contribution is 0.395. The smallest absolute Gasteiger partial charge is 0.123 e. The van der Waals surface area contributed by atoms with Crippen molar-refractivity contribution >= 4 is 10.9 Å². The molecule has 0 saturated carbocycles. The van der Waals surface area contributed by atoms with E-state index in [1.807, 2.05) is 24.5 Å². The van der Waals surface area contributed by atoms with E-state index in [0.717, 1.165) is 23.2 Å². The van der Waals surface area contributed by atoms with Crippen LogP contribution in [0, 0.1) is 11.7 Å². The standard InChI is InChI=1S/C19H22FN3/c1-13(10-18-19-16(6-8-21-18)7-9-22-19)14(2)23-12-15-4-3-5-17(20)11-15/h3-9,11,13-14,22-23H,10,12H2,1-2H3. The number of aromatic amines is 1. The minimum Gasteiger partial charge on any atom is -0.360 e. The zero-order valence-corrected chi connectivity index (χ0v) is 13.5. The van der Waals surface area contributed by atoms with Gasteiger partial charge in [-0.1, -0.05) is 19.1 Å². The normalized spacial score (nSPS) is 14.0. The van der Waals surface area contributed by atoms with Crippen molar-refractivity contribution in [2.24, 2.45) is 5.92 Å². The number of hydrogen-bond acceptors (Lipinski definition) is 2. The first kappa shape index (κ1) is 15.7. The molecule has 23 heavy (non-hydrogen) atoms. The van der Waals surface area contributed by atoms with Gasteiger partial charge in [-0.3, -0.25) is 4.98 Å². The van der Waals surface area contributed by atoms with Gasteiger partial charge in [-0.05, 0) is 49.1 Å². The maximum atomic E-state index is 13.2. The average Bonchev–Trinajstić information content (AvgIpc) is 3.02. The molecule has 2 heterocycles. The molecule has 2 N–H and O–H groups in total. The van der Waals surface area contributed by atoms with Crippen LogP contribution in [-0.2, 0) is 13.0 Å². The van der Waals surface area contributed by atoms with Crippen LogP contribution in [0.2, 0.25) is 0 Å². The lowest BCUT2D eigenvalue weighted by Gasteiger charge is -2.21. The Balaban J connectivity index is 1.61. The number of halogens is 1. The summed E-state index contributed by atoms with van der Waals surface area (Å²) in [5.41, 5.74) is 3.18. The van der Waals surface area contributed by atoms with Crippen molar-refractivity contribution < 1.29 is 4.39 Å². The quantitative estimate of drug-likeness (QED) is 0.721. The molecule has 3 aromatic rings. The number of pyridine rings is 1. The van der Waals surface area contributed by atoms with Gasteiger partial charge in [0.2, 0.25) is 0 Å². The summed E-state index contributed by atoms with van der Waals surface area (Å²) in [6.45, 7) is 5.05. The van der Waals surface area contributed by atoms with Gasteiger partial charge in [0.15, 0.2) is 0 Å². The third-order valence-electron chi connectivity index (χ3n) is 4.44. The molecule has 3 nitrogen and oxygen atoms in total. The minimum atomic E-state index is -0.187. The van der Waals surface area contributed by atoms with E-state index in [0.29, 0.717) is 18.5 Å². The summed E-state index contributed by atoms with van der Waals surface area (Å²) in [6.07, 6.45) is 4.71. The second-order valence-corrected chi connectivity index (χ2v) is 6.18. The number of nitrogens with zero attached hydrogens (tertiary/aromatic N) is 1. The van der Waals surface area contributed by atoms with Gasteiger partial charge in [0.05, 0.1) is 11.2 Å². The van der Waals surface area contributed by atoms with Crippen LogP contribution in [0.15, 0.2) is 48.8 Å². The maximum Gasteiger partial charge on any atom is 0.123 e. The van der Waals surface area contributed by atoms with E-state index in [4.69, 9.17) is 0 Å². The number of nitrogens with one attached hydrogen (secondary N) is 2. The molecule has 2 unspecified atom stereocenters. The van der Waals surface area contributed by atoms with Crippen molar-refractivity contribution in [3.63, 3.8) is 0 Å². The van der Waals surface area contributed by atoms with Gasteiger partial charge in [0, 0.05) is 30.4 Å². The fraction of sp³-hybridized carbons (Fsp3) is 0.316. The Bertz CT molecular complexity index is 781. The molecule has 2 aromatic heterocycles. The summed E-state index contributed by atoms with van der Waals surface area (Å²) in [5.74, 6) is 0.234. The molecule has 1 aromatic carbocycles. The fourth-order valence-corrected chi connectivity index (χ4v) is 2.81. The molecule has 0 aliphatic rings. The number of fused-ring (bicyclic) bond motifs is 1. The zero-order chi connectivity index (χ0) is 16.2. The molecule has 0 bridgehead atoms. The molecule has 0 fully saturated rings. The number of aromatic nitrogens is 2. The van der Waals surface area contributed by atoms with Gasteiger partial charge in [-0.2, -0.15) is 0 Å². The second-order valence-electron chi connectivity index (χ2n) is 6.18. The number of hydrogen-bond donors (Lipinski definition) is 2. The first-order chi connectivity index (χ1) is 11.1. The monoisotopic (exact) mass is 311 g/mol. The molecule has 0 aliphatic carbocycles. The Morgan fingerprint density at radius 2 is 2.09 bits per heavy atom. The van der Waals surface area contributed by atoms with E-state index in [-0.39, 0.29) is 5.82 Å². The van der Waals surface area contributed by atoms with Crippen molar-refractivity contribution in [3.8, 4) is 0 Å². The van der Waals surface area contributed by atoms with Crippen LogP contribution in [-0.4, -0.2) is 16.0 Å². The van der Waals surface area contributed by atoms with E-state index < -0.39 is 0 Å². The maximum absolute atomic E-state index is 13.2. The van der Waals surface area contributed by atoms with Crippen molar-refractivity contribution in [2.45, 2.75) is 32.9 Å². The largest absolute Gasteiger partial charge is 0.360 e. The molecule has 3 rings (SSSR count). The lowest BCUT2D eigenvalue weighted by Crippen LogP contribution is -2.33. The number of H-pyrrole nitrogens is 1. The molecule has 0 spiro atoms. The lowest BCUT2D eigenvalue weighted by atomic mass is 9.96. The van der Waals surface area contributed by atoms with Crippen LogP contribution in [0.4, 0.5) is 4.39 Å². The highest BCUT2D eigenvalue weighted by Gasteiger charge is 2.15. The number of rotatable bonds is 6. The third kappa shape index (κ3) is 3.77. The molecular formula is C19H22FN3. The topological polar surface area (TPSA) is 40.7 Å². The van der Waals surface area contributed by atoms with Gasteiger partial charge in [-0.15, -0.1) is 0 Å². The Labute approximate surface area is 136 Å². The SMILES string of the molecule is CC(Cc1nccc2cc[nH]c12)C(C)NCc1cccc(F)c1. The zero-order valence-electron chi connectivity index (χ0n) is 13.5. The predicted octanol–water partition coefficient (Wildman–Crippen LogP) is 4.06. The minimum absolute atomic E-state index is 0.187. The average molecular weight is 311 g/mol. The highest BCUT2D eigenvalue weighted by atomic mass is 19.1. The van der Waals surface area contributed by atoms with Crippen molar-refractivity contribution in [1.82, 2.24) is 15.3 Å². The van der Waals surface area contributed by atoms with Gasteiger partial charge in [0.25, 0.3) is 0 Å². The van der Waals surface area contributed by atoms with Crippen molar-refractivity contribution in [1.29, 1.82) is 0 Å². The van der Waals surface area contributed by atoms with Gasteiger partial charge >= 0.3 is 0 Å². The van der Waals surface area contributed by atoms with Crippen molar-refractivity contribution in [3.05, 3.63) is 65.9 Å². The molecule has 120 valence electrons. The summed E-state index contributed by atoms with van der Waals surface area (Å²) in [4.78, 5) is 7.79. The summed E-state index contributed by atoms with van der Waals surface area (Å²) in [5, 5.41) is 4.68. The van der Waals surface area contributed by atoms with E-state index in [1.54, 1.807) is 12.1 Å². The van der Waals surface area contributed by atoms with Crippen LogP contribution >= 0.6 is 0 Å². The van der Waals surface area contributed by atoms with Crippen LogP contribution in [0.3, 0.4) is 0 Å². The first-order valence-corrected chi connectivity index (χ1v) is 8.02. The van der Waals surface area contributed by atoms with E-state index >= 15 is 0 Å². The van der Waals surface area contributed by atoms with Gasteiger partial charge < -0.3 is 10.3 Å². The molecule has 0 saturated heterocycles.